The molecule has 0 radical (unpaired) electrons. The van der Waals surface area contributed by atoms with Crippen molar-refractivity contribution >= 4 is 46.4 Å². The van der Waals surface area contributed by atoms with E-state index in [4.69, 9.17) is 51.1 Å². The molecule has 5 heteroatoms. The van der Waals surface area contributed by atoms with Gasteiger partial charge < -0.3 is 4.74 Å². The number of methoxy groups -OCH3 is 1. The van der Waals surface area contributed by atoms with Crippen molar-refractivity contribution in [2.75, 3.05) is 7.11 Å². The molecule has 2 rings (SSSR count). The Morgan fingerprint density at radius 2 is 1.44 bits per heavy atom. The van der Waals surface area contributed by atoms with Crippen molar-refractivity contribution in [3.8, 4) is 16.9 Å². The molecule has 1 nitrogen and oxygen atoms in total. The lowest BCUT2D eigenvalue weighted by molar-refractivity contribution is 0.415. The number of halogens is 4. The number of benzene rings is 2. The van der Waals surface area contributed by atoms with Gasteiger partial charge in [0.15, 0.2) is 0 Å². The van der Waals surface area contributed by atoms with E-state index in [-0.39, 0.29) is 0 Å². The molecule has 0 aliphatic heterocycles. The summed E-state index contributed by atoms with van der Waals surface area (Å²) >= 11 is 24.4. The van der Waals surface area contributed by atoms with E-state index < -0.39 is 0 Å². The van der Waals surface area contributed by atoms with Gasteiger partial charge in [0.1, 0.15) is 5.75 Å². The van der Waals surface area contributed by atoms with Gasteiger partial charge in [0.25, 0.3) is 0 Å². The molecule has 0 amide bonds. The molecule has 2 aromatic carbocycles. The minimum Gasteiger partial charge on any atom is -0.497 e. The highest BCUT2D eigenvalue weighted by Gasteiger charge is 2.14. The van der Waals surface area contributed by atoms with Crippen molar-refractivity contribution in [1.29, 1.82) is 0 Å². The monoisotopic (exact) mass is 320 g/mol. The Balaban J connectivity index is 2.68. The summed E-state index contributed by atoms with van der Waals surface area (Å²) in [5.41, 5.74) is 1.36. The average Bonchev–Trinajstić information content (AvgIpc) is 2.30. The molecular weight excluding hydrogens is 314 g/mol. The first kappa shape index (κ1) is 13.8. The second-order valence-corrected chi connectivity index (χ2v) is 5.25. The smallest absolute Gasteiger partial charge is 0.119 e. The van der Waals surface area contributed by atoms with Crippen LogP contribution in [0, 0.1) is 0 Å². The first-order valence-corrected chi connectivity index (χ1v) is 6.52. The summed E-state index contributed by atoms with van der Waals surface area (Å²) in [6.07, 6.45) is 0. The summed E-state index contributed by atoms with van der Waals surface area (Å²) in [5.74, 6) is 0.677. The largest absolute Gasteiger partial charge is 0.497 e. The Morgan fingerprint density at radius 3 is 2.00 bits per heavy atom. The molecular formula is C13H8Cl4O. The first-order chi connectivity index (χ1) is 8.52. The topological polar surface area (TPSA) is 9.23 Å². The van der Waals surface area contributed by atoms with Gasteiger partial charge >= 0.3 is 0 Å². The standard InChI is InChI=1S/C13H8Cl4O/c1-18-8-2-3-10(15)9(6-8)13-11(16)4-7(14)5-12(13)17/h2-6H,1H3. The van der Waals surface area contributed by atoms with Crippen LogP contribution < -0.4 is 4.74 Å². The van der Waals surface area contributed by atoms with Crippen LogP contribution in [0.5, 0.6) is 5.75 Å². The van der Waals surface area contributed by atoms with E-state index in [9.17, 15) is 0 Å². The molecule has 2 aromatic rings. The Labute approximate surface area is 125 Å². The van der Waals surface area contributed by atoms with Gasteiger partial charge in [-0.3, -0.25) is 0 Å². The van der Waals surface area contributed by atoms with Crippen LogP contribution >= 0.6 is 46.4 Å². The molecule has 0 N–H and O–H groups in total. The highest BCUT2D eigenvalue weighted by atomic mass is 35.5. The number of ether oxygens (including phenoxy) is 1. The van der Waals surface area contributed by atoms with Crippen LogP contribution in [0.15, 0.2) is 30.3 Å². The molecule has 0 saturated carbocycles. The Hall–Kier alpha value is -0.600. The molecule has 0 heterocycles. The Bertz CT molecular complexity index is 573. The van der Waals surface area contributed by atoms with E-state index in [0.717, 1.165) is 0 Å². The number of hydrogen-bond acceptors (Lipinski definition) is 1. The van der Waals surface area contributed by atoms with Crippen molar-refractivity contribution in [3.05, 3.63) is 50.4 Å². The molecule has 0 bridgehead atoms. The molecule has 0 aromatic heterocycles. The van der Waals surface area contributed by atoms with Crippen molar-refractivity contribution in [2.45, 2.75) is 0 Å². The normalized spacial score (nSPS) is 10.5. The van der Waals surface area contributed by atoms with Crippen molar-refractivity contribution in [1.82, 2.24) is 0 Å². The first-order valence-electron chi connectivity index (χ1n) is 5.01. The van der Waals surface area contributed by atoms with Crippen molar-refractivity contribution in [3.63, 3.8) is 0 Å². The fourth-order valence-electron chi connectivity index (χ4n) is 1.62. The van der Waals surface area contributed by atoms with Crippen LogP contribution in [0.3, 0.4) is 0 Å². The molecule has 94 valence electrons. The van der Waals surface area contributed by atoms with Crippen LogP contribution in [-0.2, 0) is 0 Å². The summed E-state index contributed by atoms with van der Waals surface area (Å²) in [6, 6.07) is 8.53. The van der Waals surface area contributed by atoms with Gasteiger partial charge in [-0.05, 0) is 30.3 Å². The molecule has 0 aliphatic rings. The molecule has 0 aliphatic carbocycles. The molecule has 0 atom stereocenters. The second-order valence-electron chi connectivity index (χ2n) is 3.59. The third-order valence-electron chi connectivity index (χ3n) is 2.45. The maximum Gasteiger partial charge on any atom is 0.119 e. The lowest BCUT2D eigenvalue weighted by Crippen LogP contribution is -1.87. The lowest BCUT2D eigenvalue weighted by Gasteiger charge is -2.11. The van der Waals surface area contributed by atoms with E-state index >= 15 is 0 Å². The second kappa shape index (κ2) is 5.58. The maximum atomic E-state index is 6.17. The van der Waals surface area contributed by atoms with Crippen molar-refractivity contribution < 1.29 is 4.74 Å². The lowest BCUT2D eigenvalue weighted by atomic mass is 10.1. The predicted molar refractivity (Wildman–Crippen MR) is 78.5 cm³/mol. The maximum absolute atomic E-state index is 6.17. The average molecular weight is 322 g/mol. The Kier molecular flexibility index (Phi) is 4.29. The fourth-order valence-corrected chi connectivity index (χ4v) is 2.86. The summed E-state index contributed by atoms with van der Waals surface area (Å²) in [7, 11) is 1.58. The molecule has 18 heavy (non-hydrogen) atoms. The minimum absolute atomic E-state index is 0.447. The zero-order chi connectivity index (χ0) is 13.3. The fraction of sp³-hybridized carbons (Fsp3) is 0.0769. The summed E-state index contributed by atoms with van der Waals surface area (Å²) in [5, 5.41) is 1.92. The van der Waals surface area contributed by atoms with E-state index in [2.05, 4.69) is 0 Å². The van der Waals surface area contributed by atoms with Gasteiger partial charge in [-0.1, -0.05) is 46.4 Å². The number of hydrogen-bond donors (Lipinski definition) is 0. The highest BCUT2D eigenvalue weighted by Crippen LogP contribution is 2.41. The number of rotatable bonds is 2. The van der Waals surface area contributed by atoms with Crippen LogP contribution in [0.1, 0.15) is 0 Å². The van der Waals surface area contributed by atoms with Gasteiger partial charge in [-0.2, -0.15) is 0 Å². The highest BCUT2D eigenvalue weighted by molar-refractivity contribution is 6.43. The van der Waals surface area contributed by atoms with Gasteiger partial charge in [0.05, 0.1) is 17.2 Å². The molecule has 0 spiro atoms. The van der Waals surface area contributed by atoms with Crippen LogP contribution in [0.25, 0.3) is 11.1 Å². The Morgan fingerprint density at radius 1 is 0.833 bits per heavy atom. The quantitative estimate of drug-likeness (QED) is 0.661. The van der Waals surface area contributed by atoms with E-state index in [1.54, 1.807) is 37.4 Å². The van der Waals surface area contributed by atoms with Crippen LogP contribution in [0.4, 0.5) is 0 Å². The minimum atomic E-state index is 0.447. The van der Waals surface area contributed by atoms with Crippen LogP contribution in [0.2, 0.25) is 20.1 Å². The van der Waals surface area contributed by atoms with Crippen LogP contribution in [-0.4, -0.2) is 7.11 Å². The predicted octanol–water partition coefficient (Wildman–Crippen LogP) is 5.98. The van der Waals surface area contributed by atoms with E-state index in [0.29, 0.717) is 37.0 Å². The SMILES string of the molecule is COc1ccc(Cl)c(-c2c(Cl)cc(Cl)cc2Cl)c1. The van der Waals surface area contributed by atoms with E-state index in [1.807, 2.05) is 0 Å². The summed E-state index contributed by atoms with van der Waals surface area (Å²) in [6.45, 7) is 0. The third-order valence-corrected chi connectivity index (χ3v) is 3.59. The summed E-state index contributed by atoms with van der Waals surface area (Å²) < 4.78 is 5.16. The molecule has 0 unspecified atom stereocenters. The molecule has 0 fully saturated rings. The van der Waals surface area contributed by atoms with Crippen molar-refractivity contribution in [2.24, 2.45) is 0 Å². The van der Waals surface area contributed by atoms with Gasteiger partial charge in [-0.15, -0.1) is 0 Å². The zero-order valence-corrected chi connectivity index (χ0v) is 12.3. The third kappa shape index (κ3) is 2.70. The van der Waals surface area contributed by atoms with Gasteiger partial charge in [0.2, 0.25) is 0 Å². The summed E-state index contributed by atoms with van der Waals surface area (Å²) in [4.78, 5) is 0. The van der Waals surface area contributed by atoms with Gasteiger partial charge in [0, 0.05) is 21.2 Å². The zero-order valence-electron chi connectivity index (χ0n) is 9.31. The molecule has 0 saturated heterocycles. The van der Waals surface area contributed by atoms with Gasteiger partial charge in [-0.25, -0.2) is 0 Å². The van der Waals surface area contributed by atoms with E-state index in [1.165, 1.54) is 0 Å².